The fraction of sp³-hybridized carbons (Fsp3) is 0.429. The van der Waals surface area contributed by atoms with Crippen LogP contribution in [-0.2, 0) is 11.3 Å². The van der Waals surface area contributed by atoms with Gasteiger partial charge in [0.2, 0.25) is 5.91 Å². The molecule has 1 aromatic carbocycles. The zero-order valence-corrected chi connectivity index (χ0v) is 10.6. The lowest BCUT2D eigenvalue weighted by molar-refractivity contribution is -0.129. The molecule has 0 aromatic heterocycles. The Kier molecular flexibility index (Phi) is 4.28. The summed E-state index contributed by atoms with van der Waals surface area (Å²) in [4.78, 5) is 11.8. The molecule has 1 aromatic rings. The highest BCUT2D eigenvalue weighted by Gasteiger charge is 2.24. The summed E-state index contributed by atoms with van der Waals surface area (Å²) in [6, 6.07) is 9.35. The number of benzene rings is 1. The third kappa shape index (κ3) is 3.60. The molecule has 3 nitrogen and oxygen atoms in total. The van der Waals surface area contributed by atoms with E-state index in [1.165, 1.54) is 0 Å². The van der Waals surface area contributed by atoms with E-state index in [-0.39, 0.29) is 11.3 Å². The number of hydrogen-bond acceptors (Lipinski definition) is 2. The highest BCUT2D eigenvalue weighted by Crippen LogP contribution is 2.19. The van der Waals surface area contributed by atoms with Gasteiger partial charge in [0.1, 0.15) is 0 Å². The van der Waals surface area contributed by atoms with Gasteiger partial charge >= 0.3 is 0 Å². The molecule has 1 rings (SSSR count). The van der Waals surface area contributed by atoms with E-state index in [4.69, 9.17) is 5.26 Å². The topological polar surface area (TPSA) is 52.9 Å². The first-order chi connectivity index (χ1) is 7.99. The Morgan fingerprint density at radius 3 is 2.76 bits per heavy atom. The Morgan fingerprint density at radius 2 is 2.18 bits per heavy atom. The van der Waals surface area contributed by atoms with Gasteiger partial charge in [0.25, 0.3) is 0 Å². The van der Waals surface area contributed by atoms with E-state index < -0.39 is 0 Å². The van der Waals surface area contributed by atoms with Crippen LogP contribution in [0.25, 0.3) is 0 Å². The third-order valence-electron chi connectivity index (χ3n) is 3.01. The summed E-state index contributed by atoms with van der Waals surface area (Å²) in [7, 11) is 0. The van der Waals surface area contributed by atoms with Crippen LogP contribution < -0.4 is 5.32 Å². The minimum atomic E-state index is -0.340. The SMILES string of the molecule is CCC(C)(C)C(=O)NCc1cccc(C#N)c1. The first-order valence-electron chi connectivity index (χ1n) is 5.77. The molecule has 0 aliphatic heterocycles. The quantitative estimate of drug-likeness (QED) is 0.864. The lowest BCUT2D eigenvalue weighted by Gasteiger charge is -2.21. The number of amides is 1. The van der Waals surface area contributed by atoms with Crippen LogP contribution in [0, 0.1) is 16.7 Å². The van der Waals surface area contributed by atoms with Gasteiger partial charge in [0.15, 0.2) is 0 Å². The molecule has 17 heavy (non-hydrogen) atoms. The molecular formula is C14H18N2O. The Balaban J connectivity index is 2.62. The zero-order valence-electron chi connectivity index (χ0n) is 10.6. The minimum absolute atomic E-state index is 0.0439. The average molecular weight is 230 g/mol. The van der Waals surface area contributed by atoms with E-state index >= 15 is 0 Å². The summed E-state index contributed by atoms with van der Waals surface area (Å²) >= 11 is 0. The summed E-state index contributed by atoms with van der Waals surface area (Å²) < 4.78 is 0. The zero-order chi connectivity index (χ0) is 12.9. The van der Waals surface area contributed by atoms with Crippen LogP contribution in [0.1, 0.15) is 38.3 Å². The molecule has 0 aliphatic rings. The second-order valence-electron chi connectivity index (χ2n) is 4.73. The third-order valence-corrected chi connectivity index (χ3v) is 3.01. The summed E-state index contributed by atoms with van der Waals surface area (Å²) in [6.45, 7) is 6.32. The van der Waals surface area contributed by atoms with Gasteiger partial charge in [-0.15, -0.1) is 0 Å². The highest BCUT2D eigenvalue weighted by molar-refractivity contribution is 5.81. The number of nitrogens with zero attached hydrogens (tertiary/aromatic N) is 1. The van der Waals surface area contributed by atoms with Crippen LogP contribution in [0.4, 0.5) is 0 Å². The fourth-order valence-electron chi connectivity index (χ4n) is 1.33. The van der Waals surface area contributed by atoms with Crippen LogP contribution in [0.2, 0.25) is 0 Å². The van der Waals surface area contributed by atoms with Gasteiger partial charge in [-0.05, 0) is 24.1 Å². The molecule has 1 N–H and O–H groups in total. The summed E-state index contributed by atoms with van der Waals surface area (Å²) in [5.74, 6) is 0.0439. The van der Waals surface area contributed by atoms with Gasteiger partial charge in [-0.2, -0.15) is 5.26 Å². The van der Waals surface area contributed by atoms with Crippen molar-refractivity contribution in [1.29, 1.82) is 5.26 Å². The van der Waals surface area contributed by atoms with Crippen molar-refractivity contribution in [1.82, 2.24) is 5.32 Å². The predicted octanol–water partition coefficient (Wildman–Crippen LogP) is 2.61. The monoisotopic (exact) mass is 230 g/mol. The predicted molar refractivity (Wildman–Crippen MR) is 67.1 cm³/mol. The largest absolute Gasteiger partial charge is 0.352 e. The van der Waals surface area contributed by atoms with Crippen LogP contribution in [-0.4, -0.2) is 5.91 Å². The average Bonchev–Trinajstić information content (AvgIpc) is 2.36. The molecule has 0 fully saturated rings. The van der Waals surface area contributed by atoms with Gasteiger partial charge in [-0.3, -0.25) is 4.79 Å². The maximum absolute atomic E-state index is 11.8. The van der Waals surface area contributed by atoms with Gasteiger partial charge < -0.3 is 5.32 Å². The molecule has 0 heterocycles. The number of rotatable bonds is 4. The highest BCUT2D eigenvalue weighted by atomic mass is 16.2. The molecule has 0 atom stereocenters. The van der Waals surface area contributed by atoms with Gasteiger partial charge in [-0.1, -0.05) is 32.9 Å². The number of hydrogen-bond donors (Lipinski definition) is 1. The summed E-state index contributed by atoms with van der Waals surface area (Å²) in [6.07, 6.45) is 0.803. The number of nitriles is 1. The number of carbonyl (C=O) groups is 1. The maximum Gasteiger partial charge on any atom is 0.225 e. The number of nitrogens with one attached hydrogen (secondary N) is 1. The molecule has 90 valence electrons. The Hall–Kier alpha value is -1.82. The smallest absolute Gasteiger partial charge is 0.225 e. The van der Waals surface area contributed by atoms with Crippen molar-refractivity contribution in [3.05, 3.63) is 35.4 Å². The molecule has 0 unspecified atom stereocenters. The maximum atomic E-state index is 11.8. The molecule has 0 aliphatic carbocycles. The Labute approximate surface area is 102 Å². The van der Waals surface area contributed by atoms with Crippen LogP contribution in [0.5, 0.6) is 0 Å². The molecule has 3 heteroatoms. The van der Waals surface area contributed by atoms with E-state index in [9.17, 15) is 4.79 Å². The molecule has 0 saturated heterocycles. The van der Waals surface area contributed by atoms with E-state index in [1.807, 2.05) is 32.9 Å². The van der Waals surface area contributed by atoms with Crippen molar-refractivity contribution in [2.75, 3.05) is 0 Å². The van der Waals surface area contributed by atoms with Gasteiger partial charge in [0.05, 0.1) is 11.6 Å². The second kappa shape index (κ2) is 5.49. The van der Waals surface area contributed by atoms with Crippen molar-refractivity contribution < 1.29 is 4.79 Å². The molecule has 0 saturated carbocycles. The normalized spacial score (nSPS) is 10.7. The first-order valence-corrected chi connectivity index (χ1v) is 5.77. The van der Waals surface area contributed by atoms with Crippen LogP contribution in [0.3, 0.4) is 0 Å². The van der Waals surface area contributed by atoms with E-state index in [2.05, 4.69) is 11.4 Å². The lowest BCUT2D eigenvalue weighted by Crippen LogP contribution is -2.35. The molecule has 0 radical (unpaired) electrons. The van der Waals surface area contributed by atoms with Crippen LogP contribution >= 0.6 is 0 Å². The molecular weight excluding hydrogens is 212 g/mol. The van der Waals surface area contributed by atoms with Gasteiger partial charge in [-0.25, -0.2) is 0 Å². The minimum Gasteiger partial charge on any atom is -0.352 e. The van der Waals surface area contributed by atoms with Crippen molar-refractivity contribution in [3.8, 4) is 6.07 Å². The fourth-order valence-corrected chi connectivity index (χ4v) is 1.33. The van der Waals surface area contributed by atoms with Crippen molar-refractivity contribution in [3.63, 3.8) is 0 Å². The second-order valence-corrected chi connectivity index (χ2v) is 4.73. The van der Waals surface area contributed by atoms with E-state index in [0.717, 1.165) is 12.0 Å². The number of carbonyl (C=O) groups excluding carboxylic acids is 1. The van der Waals surface area contributed by atoms with E-state index in [0.29, 0.717) is 12.1 Å². The lowest BCUT2D eigenvalue weighted by atomic mass is 9.89. The standard InChI is InChI=1S/C14H18N2O/c1-4-14(2,3)13(17)16-10-12-7-5-6-11(8-12)9-15/h5-8H,4,10H2,1-3H3,(H,16,17). The van der Waals surface area contributed by atoms with Gasteiger partial charge in [0, 0.05) is 12.0 Å². The summed E-state index contributed by atoms with van der Waals surface area (Å²) in [5.41, 5.74) is 1.23. The Bertz CT molecular complexity index is 444. The van der Waals surface area contributed by atoms with Crippen molar-refractivity contribution in [2.24, 2.45) is 5.41 Å². The molecule has 0 spiro atoms. The molecule has 0 bridgehead atoms. The summed E-state index contributed by atoms with van der Waals surface area (Å²) in [5, 5.41) is 11.7. The Morgan fingerprint density at radius 1 is 1.47 bits per heavy atom. The van der Waals surface area contributed by atoms with Crippen molar-refractivity contribution in [2.45, 2.75) is 33.7 Å². The molecule has 1 amide bonds. The first kappa shape index (κ1) is 13.2. The van der Waals surface area contributed by atoms with Crippen LogP contribution in [0.15, 0.2) is 24.3 Å². The van der Waals surface area contributed by atoms with E-state index in [1.54, 1.807) is 12.1 Å². The van der Waals surface area contributed by atoms with Crippen molar-refractivity contribution >= 4 is 5.91 Å².